The maximum atomic E-state index is 12.4. The summed E-state index contributed by atoms with van der Waals surface area (Å²) in [7, 11) is 0. The van der Waals surface area contributed by atoms with E-state index in [4.69, 9.17) is 9.26 Å². The van der Waals surface area contributed by atoms with Gasteiger partial charge in [-0.2, -0.15) is 4.98 Å². The van der Waals surface area contributed by atoms with Crippen molar-refractivity contribution < 1.29 is 14.1 Å². The summed E-state index contributed by atoms with van der Waals surface area (Å²) in [6.07, 6.45) is 1.24. The van der Waals surface area contributed by atoms with Crippen LogP contribution >= 0.6 is 0 Å². The van der Waals surface area contributed by atoms with Crippen molar-refractivity contribution in [2.45, 2.75) is 33.1 Å². The first-order valence-electron chi connectivity index (χ1n) is 10.5. The number of hydrogen-bond acceptors (Lipinski definition) is 6. The molecule has 2 heterocycles. The number of fused-ring (bicyclic) bond motifs is 1. The van der Waals surface area contributed by atoms with Crippen LogP contribution in [-0.4, -0.2) is 27.6 Å². The number of para-hydroxylation sites is 2. The molecule has 0 radical (unpaired) electrons. The molecule has 0 saturated carbocycles. The minimum Gasteiger partial charge on any atom is -0.492 e. The van der Waals surface area contributed by atoms with E-state index in [-0.39, 0.29) is 23.7 Å². The van der Waals surface area contributed by atoms with Gasteiger partial charge in [-0.15, -0.1) is 0 Å². The van der Waals surface area contributed by atoms with Crippen LogP contribution in [0.4, 0.5) is 5.69 Å². The van der Waals surface area contributed by atoms with E-state index < -0.39 is 0 Å². The maximum absolute atomic E-state index is 12.4. The number of benzene rings is 2. The second-order valence-corrected chi connectivity index (χ2v) is 7.45. The van der Waals surface area contributed by atoms with Gasteiger partial charge in [0.25, 0.3) is 5.56 Å². The number of ether oxygens (including phenoxy) is 1. The van der Waals surface area contributed by atoms with E-state index in [0.29, 0.717) is 42.3 Å². The van der Waals surface area contributed by atoms with Gasteiger partial charge in [0.15, 0.2) is 0 Å². The summed E-state index contributed by atoms with van der Waals surface area (Å²) in [6, 6.07) is 14.9. The lowest BCUT2D eigenvalue weighted by atomic mass is 10.1. The summed E-state index contributed by atoms with van der Waals surface area (Å²) in [6.45, 7) is 4.40. The Labute approximate surface area is 184 Å². The molecular formula is C24H24N4O4. The van der Waals surface area contributed by atoms with Crippen LogP contribution in [0.25, 0.3) is 22.3 Å². The molecule has 0 aliphatic rings. The normalized spacial score (nSPS) is 10.9. The van der Waals surface area contributed by atoms with Crippen molar-refractivity contribution in [1.82, 2.24) is 15.1 Å². The molecule has 0 fully saturated rings. The predicted octanol–water partition coefficient (Wildman–Crippen LogP) is 4.25. The van der Waals surface area contributed by atoms with Crippen molar-refractivity contribution >= 4 is 22.5 Å². The van der Waals surface area contributed by atoms with Crippen LogP contribution in [0, 0.1) is 6.92 Å². The Morgan fingerprint density at radius 2 is 2.03 bits per heavy atom. The number of nitrogens with one attached hydrogen (secondary N) is 2. The smallest absolute Gasteiger partial charge is 0.259 e. The van der Waals surface area contributed by atoms with Crippen molar-refractivity contribution in [3.05, 3.63) is 70.3 Å². The highest BCUT2D eigenvalue weighted by Gasteiger charge is 2.14. The van der Waals surface area contributed by atoms with Gasteiger partial charge in [-0.1, -0.05) is 28.9 Å². The number of carbonyl (C=O) groups is 1. The largest absolute Gasteiger partial charge is 0.492 e. The zero-order valence-electron chi connectivity index (χ0n) is 18.0. The Kier molecular flexibility index (Phi) is 6.30. The number of aromatic amines is 1. The fourth-order valence-electron chi connectivity index (χ4n) is 3.42. The van der Waals surface area contributed by atoms with Gasteiger partial charge in [0.2, 0.25) is 17.6 Å². The van der Waals surface area contributed by atoms with E-state index in [9.17, 15) is 9.59 Å². The van der Waals surface area contributed by atoms with Crippen LogP contribution in [0.2, 0.25) is 0 Å². The second-order valence-electron chi connectivity index (χ2n) is 7.45. The summed E-state index contributed by atoms with van der Waals surface area (Å²) >= 11 is 0. The van der Waals surface area contributed by atoms with Gasteiger partial charge in [0.05, 0.1) is 17.9 Å². The van der Waals surface area contributed by atoms with Crippen molar-refractivity contribution in [2.75, 3.05) is 11.9 Å². The molecule has 2 aromatic heterocycles. The fraction of sp³-hybridized carbons (Fsp3) is 0.250. The fourth-order valence-corrected chi connectivity index (χ4v) is 3.42. The van der Waals surface area contributed by atoms with Crippen molar-refractivity contribution in [2.24, 2.45) is 0 Å². The highest BCUT2D eigenvalue weighted by atomic mass is 16.5. The lowest BCUT2D eigenvalue weighted by Gasteiger charge is -2.10. The van der Waals surface area contributed by atoms with Crippen molar-refractivity contribution in [3.8, 4) is 17.1 Å². The summed E-state index contributed by atoms with van der Waals surface area (Å²) in [4.78, 5) is 31.9. The number of aromatic nitrogens is 3. The first-order valence-corrected chi connectivity index (χ1v) is 10.5. The highest BCUT2D eigenvalue weighted by Crippen LogP contribution is 2.24. The van der Waals surface area contributed by atoms with Crippen LogP contribution < -0.4 is 15.6 Å². The van der Waals surface area contributed by atoms with E-state index in [0.717, 1.165) is 16.5 Å². The number of rotatable bonds is 8. The van der Waals surface area contributed by atoms with Crippen molar-refractivity contribution in [3.63, 3.8) is 0 Å². The number of pyridine rings is 1. The number of H-pyrrole nitrogens is 1. The minimum atomic E-state index is -0.277. The third kappa shape index (κ3) is 4.85. The topological polar surface area (TPSA) is 110 Å². The minimum absolute atomic E-state index is 0.127. The number of carbonyl (C=O) groups excluding carboxylic acids is 1. The Balaban J connectivity index is 1.38. The van der Waals surface area contributed by atoms with Gasteiger partial charge in [-0.05, 0) is 56.0 Å². The SMILES string of the molecule is CCOc1ccccc1NC(=O)CCCc1nc(-c2cc3cc(C)ccc3[nH]c2=O)no1. The molecule has 1 amide bonds. The zero-order valence-corrected chi connectivity index (χ0v) is 18.0. The molecule has 32 heavy (non-hydrogen) atoms. The number of hydrogen-bond donors (Lipinski definition) is 2. The van der Waals surface area contributed by atoms with Gasteiger partial charge in [-0.25, -0.2) is 0 Å². The van der Waals surface area contributed by atoms with Gasteiger partial charge < -0.3 is 19.6 Å². The molecule has 8 heteroatoms. The molecule has 2 N–H and O–H groups in total. The molecule has 4 rings (SSSR count). The molecular weight excluding hydrogens is 408 g/mol. The predicted molar refractivity (Wildman–Crippen MR) is 122 cm³/mol. The molecule has 0 spiro atoms. The van der Waals surface area contributed by atoms with Crippen LogP contribution in [0.1, 0.15) is 31.2 Å². The molecule has 0 aliphatic carbocycles. The molecule has 2 aromatic carbocycles. The quantitative estimate of drug-likeness (QED) is 0.431. The molecule has 0 saturated heterocycles. The molecule has 8 nitrogen and oxygen atoms in total. The summed E-state index contributed by atoms with van der Waals surface area (Å²) < 4.78 is 10.8. The third-order valence-corrected chi connectivity index (χ3v) is 4.96. The summed E-state index contributed by atoms with van der Waals surface area (Å²) in [5, 5.41) is 7.71. The molecule has 164 valence electrons. The zero-order chi connectivity index (χ0) is 22.5. The number of nitrogens with zero attached hydrogens (tertiary/aromatic N) is 2. The van der Waals surface area contributed by atoms with Crippen LogP contribution in [-0.2, 0) is 11.2 Å². The summed E-state index contributed by atoms with van der Waals surface area (Å²) in [5.74, 6) is 1.13. The summed E-state index contributed by atoms with van der Waals surface area (Å²) in [5.41, 5.74) is 2.56. The van der Waals surface area contributed by atoms with Crippen LogP contribution in [0.15, 0.2) is 57.8 Å². The van der Waals surface area contributed by atoms with Gasteiger partial charge in [0.1, 0.15) is 5.75 Å². The van der Waals surface area contributed by atoms with Crippen LogP contribution in [0.3, 0.4) is 0 Å². The van der Waals surface area contributed by atoms with Gasteiger partial charge >= 0.3 is 0 Å². The first-order chi connectivity index (χ1) is 15.5. The Bertz CT molecular complexity index is 1310. The lowest BCUT2D eigenvalue weighted by molar-refractivity contribution is -0.116. The average molecular weight is 432 g/mol. The van der Waals surface area contributed by atoms with Crippen LogP contribution in [0.5, 0.6) is 5.75 Å². The molecule has 0 unspecified atom stereocenters. The number of amides is 1. The monoisotopic (exact) mass is 432 g/mol. The van der Waals surface area contributed by atoms with Crippen molar-refractivity contribution in [1.29, 1.82) is 0 Å². The first kappa shape index (κ1) is 21.3. The van der Waals surface area contributed by atoms with E-state index >= 15 is 0 Å². The molecule has 0 bridgehead atoms. The Morgan fingerprint density at radius 1 is 1.19 bits per heavy atom. The number of aryl methyl sites for hydroxylation is 2. The van der Waals surface area contributed by atoms with E-state index in [2.05, 4.69) is 20.4 Å². The molecule has 4 aromatic rings. The number of anilines is 1. The average Bonchev–Trinajstić information content (AvgIpc) is 3.24. The Morgan fingerprint density at radius 3 is 2.88 bits per heavy atom. The van der Waals surface area contributed by atoms with E-state index in [1.54, 1.807) is 12.1 Å². The van der Waals surface area contributed by atoms with Gasteiger partial charge in [-0.3, -0.25) is 9.59 Å². The third-order valence-electron chi connectivity index (χ3n) is 4.96. The Hall–Kier alpha value is -3.94. The lowest BCUT2D eigenvalue weighted by Crippen LogP contribution is -2.12. The second kappa shape index (κ2) is 9.47. The maximum Gasteiger partial charge on any atom is 0.259 e. The standard InChI is InChI=1S/C24H24N4O4/c1-3-31-20-8-5-4-7-19(20)25-21(29)9-6-10-22-27-23(28-32-22)17-14-16-13-15(2)11-12-18(16)26-24(17)30/h4-5,7-8,11-14H,3,6,9-10H2,1-2H3,(H,25,29)(H,26,30). The highest BCUT2D eigenvalue weighted by molar-refractivity contribution is 5.92. The van der Waals surface area contributed by atoms with Gasteiger partial charge in [0, 0.05) is 18.4 Å². The molecule has 0 atom stereocenters. The van der Waals surface area contributed by atoms with E-state index in [1.165, 1.54) is 0 Å². The molecule has 0 aliphatic heterocycles. The van der Waals surface area contributed by atoms with E-state index in [1.807, 2.05) is 50.2 Å².